The average Bonchev–Trinajstić information content (AvgIpc) is 3.07. The van der Waals surface area contributed by atoms with E-state index in [9.17, 15) is 19.2 Å². The number of hydrogen-bond acceptors (Lipinski definition) is 8. The quantitative estimate of drug-likeness (QED) is 0.258. The Kier molecular flexibility index (Phi) is 10.2. The van der Waals surface area contributed by atoms with E-state index in [4.69, 9.17) is 9.47 Å². The smallest absolute Gasteiger partial charge is 0.330 e. The molecule has 1 aromatic rings. The number of ketones is 1. The number of esters is 1. The van der Waals surface area contributed by atoms with Gasteiger partial charge in [0.05, 0.1) is 0 Å². The summed E-state index contributed by atoms with van der Waals surface area (Å²) in [6.07, 6.45) is -1.69. The van der Waals surface area contributed by atoms with Crippen molar-refractivity contribution >= 4 is 47.7 Å². The number of nitrogens with one attached hydrogen (secondary N) is 1. The predicted octanol–water partition coefficient (Wildman–Crippen LogP) is 2.27. The van der Waals surface area contributed by atoms with E-state index in [0.717, 1.165) is 13.1 Å². The Bertz CT molecular complexity index is 958. The molecule has 2 fully saturated rings. The molecule has 200 valence electrons. The molecule has 0 bridgehead atoms. The van der Waals surface area contributed by atoms with Gasteiger partial charge in [-0.3, -0.25) is 14.4 Å². The Balaban J connectivity index is 0.00000456. The number of carbonyl (C=O) groups is 4. The van der Waals surface area contributed by atoms with Gasteiger partial charge in [0.2, 0.25) is 12.0 Å². The normalized spacial score (nSPS) is 23.6. The molecular formula is C25H36ClN3O6S. The zero-order chi connectivity index (χ0) is 25.9. The highest BCUT2D eigenvalue weighted by Crippen LogP contribution is 2.51. The third-order valence-corrected chi connectivity index (χ3v) is 7.87. The SMILES string of the molecule is CCN(CC)CC(C)OC(=O)[C@@H]1N2C(=O)[C@@H](NC(=O)C(Oc3ccccc3)C(C)=O)[C@H]2SC1(C)C.Cl. The van der Waals surface area contributed by atoms with E-state index in [-0.39, 0.29) is 24.4 Å². The van der Waals surface area contributed by atoms with Crippen LogP contribution in [0.4, 0.5) is 0 Å². The summed E-state index contributed by atoms with van der Waals surface area (Å²) in [4.78, 5) is 54.8. The van der Waals surface area contributed by atoms with Crippen LogP contribution >= 0.6 is 24.2 Å². The molecule has 2 saturated heterocycles. The largest absolute Gasteiger partial charge is 0.473 e. The van der Waals surface area contributed by atoms with Crippen molar-refractivity contribution in [3.05, 3.63) is 30.3 Å². The van der Waals surface area contributed by atoms with Crippen LogP contribution in [0.5, 0.6) is 5.75 Å². The third kappa shape index (κ3) is 6.33. The van der Waals surface area contributed by atoms with Gasteiger partial charge in [-0.15, -0.1) is 24.2 Å². The van der Waals surface area contributed by atoms with E-state index in [2.05, 4.69) is 10.2 Å². The van der Waals surface area contributed by atoms with Crippen molar-refractivity contribution in [1.29, 1.82) is 0 Å². The second-order valence-electron chi connectivity index (χ2n) is 9.40. The van der Waals surface area contributed by atoms with E-state index >= 15 is 0 Å². The van der Waals surface area contributed by atoms with Gasteiger partial charge in [-0.2, -0.15) is 0 Å². The molecule has 3 rings (SSSR count). The average molecular weight is 542 g/mol. The molecule has 2 aliphatic rings. The maximum absolute atomic E-state index is 13.1. The van der Waals surface area contributed by atoms with Crippen molar-refractivity contribution in [1.82, 2.24) is 15.1 Å². The van der Waals surface area contributed by atoms with Crippen LogP contribution in [0, 0.1) is 0 Å². The topological polar surface area (TPSA) is 105 Å². The number of amides is 2. The van der Waals surface area contributed by atoms with Crippen molar-refractivity contribution in [3.63, 3.8) is 0 Å². The molecule has 2 unspecified atom stereocenters. The standard InChI is InChI=1S/C25H35N3O6S.ClH/c1-7-27(8-2)14-15(3)33-24(32)20-25(5,6)35-23-18(22(31)28(20)23)26-21(30)19(16(4)29)34-17-12-10-9-11-13-17;/h9-13,15,18-20,23H,7-8,14H2,1-6H3,(H,26,30);1H/t15?,18-,19?,20+,23-;/m1./s1. The number of β-lactam (4-membered cyclic amide) rings is 1. The number of thioether (sulfide) groups is 1. The summed E-state index contributed by atoms with van der Waals surface area (Å²) >= 11 is 1.44. The number of Topliss-reactive ketones (excluding diaryl/α,β-unsaturated/α-hetero) is 1. The summed E-state index contributed by atoms with van der Waals surface area (Å²) in [6, 6.07) is 6.94. The summed E-state index contributed by atoms with van der Waals surface area (Å²) in [5.74, 6) is -1.60. The fraction of sp³-hybridized carbons (Fsp3) is 0.600. The Morgan fingerprint density at radius 1 is 1.17 bits per heavy atom. The number of fused-ring (bicyclic) bond motifs is 1. The van der Waals surface area contributed by atoms with E-state index < -0.39 is 46.0 Å². The zero-order valence-electron chi connectivity index (χ0n) is 21.6. The van der Waals surface area contributed by atoms with Crippen LogP contribution < -0.4 is 10.1 Å². The molecule has 2 heterocycles. The maximum atomic E-state index is 13.1. The first-order valence-corrected chi connectivity index (χ1v) is 12.8. The molecule has 0 saturated carbocycles. The molecule has 0 spiro atoms. The molecule has 36 heavy (non-hydrogen) atoms. The second-order valence-corrected chi connectivity index (χ2v) is 11.2. The summed E-state index contributed by atoms with van der Waals surface area (Å²) < 4.78 is 10.7. The van der Waals surface area contributed by atoms with Crippen molar-refractivity contribution in [2.24, 2.45) is 0 Å². The lowest BCUT2D eigenvalue weighted by molar-refractivity contribution is -0.167. The highest BCUT2D eigenvalue weighted by Gasteiger charge is 2.64. The number of likely N-dealkylation sites (N-methyl/N-ethyl adjacent to an activating group) is 1. The van der Waals surface area contributed by atoms with Gasteiger partial charge in [0.1, 0.15) is 29.3 Å². The Labute approximate surface area is 223 Å². The fourth-order valence-electron chi connectivity index (χ4n) is 4.46. The number of hydrogen-bond donors (Lipinski definition) is 1. The summed E-state index contributed by atoms with van der Waals surface area (Å²) in [6.45, 7) is 13.3. The van der Waals surface area contributed by atoms with E-state index in [0.29, 0.717) is 12.3 Å². The molecule has 1 aromatic carbocycles. The van der Waals surface area contributed by atoms with Gasteiger partial charge < -0.3 is 24.6 Å². The van der Waals surface area contributed by atoms with Crippen LogP contribution in [0.25, 0.3) is 0 Å². The number of rotatable bonds is 11. The number of nitrogens with zero attached hydrogens (tertiary/aromatic N) is 2. The van der Waals surface area contributed by atoms with E-state index in [1.807, 2.05) is 34.6 Å². The summed E-state index contributed by atoms with van der Waals surface area (Å²) in [5.41, 5.74) is 0. The van der Waals surface area contributed by atoms with Crippen molar-refractivity contribution in [2.45, 2.75) is 76.0 Å². The monoisotopic (exact) mass is 541 g/mol. The van der Waals surface area contributed by atoms with E-state index in [1.165, 1.54) is 23.6 Å². The lowest BCUT2D eigenvalue weighted by Crippen LogP contribution is -2.71. The molecule has 11 heteroatoms. The molecule has 0 aliphatic carbocycles. The van der Waals surface area contributed by atoms with Crippen LogP contribution in [-0.4, -0.2) is 87.4 Å². The molecule has 0 aromatic heterocycles. The van der Waals surface area contributed by atoms with Gasteiger partial charge in [0.15, 0.2) is 5.78 Å². The molecule has 9 nitrogen and oxygen atoms in total. The Morgan fingerprint density at radius 3 is 2.33 bits per heavy atom. The number of carbonyl (C=O) groups excluding carboxylic acids is 4. The summed E-state index contributed by atoms with van der Waals surface area (Å²) in [5, 5.41) is 2.23. The maximum Gasteiger partial charge on any atom is 0.330 e. The van der Waals surface area contributed by atoms with Crippen molar-refractivity contribution in [2.75, 3.05) is 19.6 Å². The fourth-order valence-corrected chi connectivity index (χ4v) is 6.08. The lowest BCUT2D eigenvalue weighted by Gasteiger charge is -2.44. The minimum atomic E-state index is -1.37. The number of ether oxygens (including phenoxy) is 2. The van der Waals surface area contributed by atoms with Gasteiger partial charge in [-0.25, -0.2) is 4.79 Å². The minimum Gasteiger partial charge on any atom is -0.473 e. The second kappa shape index (κ2) is 12.3. The van der Waals surface area contributed by atoms with Gasteiger partial charge in [0, 0.05) is 11.3 Å². The number of para-hydroxylation sites is 1. The first kappa shape index (κ1) is 29.9. The van der Waals surface area contributed by atoms with Crippen LogP contribution in [0.3, 0.4) is 0 Å². The predicted molar refractivity (Wildman–Crippen MR) is 140 cm³/mol. The van der Waals surface area contributed by atoms with Gasteiger partial charge in [0.25, 0.3) is 5.91 Å². The summed E-state index contributed by atoms with van der Waals surface area (Å²) in [7, 11) is 0. The first-order valence-electron chi connectivity index (χ1n) is 12.0. The van der Waals surface area contributed by atoms with Gasteiger partial charge in [-0.05, 0) is 52.9 Å². The Hall–Kier alpha value is -2.30. The van der Waals surface area contributed by atoms with Crippen LogP contribution in [0.1, 0.15) is 41.5 Å². The molecule has 0 radical (unpaired) electrons. The van der Waals surface area contributed by atoms with Crippen molar-refractivity contribution < 1.29 is 28.7 Å². The molecule has 1 N–H and O–H groups in total. The first-order chi connectivity index (χ1) is 16.5. The highest BCUT2D eigenvalue weighted by atomic mass is 35.5. The van der Waals surface area contributed by atoms with Crippen LogP contribution in [-0.2, 0) is 23.9 Å². The number of benzene rings is 1. The van der Waals surface area contributed by atoms with Gasteiger partial charge >= 0.3 is 5.97 Å². The molecule has 5 atom stereocenters. The third-order valence-electron chi connectivity index (χ3n) is 6.29. The zero-order valence-corrected chi connectivity index (χ0v) is 23.2. The van der Waals surface area contributed by atoms with Crippen LogP contribution in [0.2, 0.25) is 0 Å². The van der Waals surface area contributed by atoms with E-state index in [1.54, 1.807) is 30.3 Å². The van der Waals surface area contributed by atoms with Crippen LogP contribution in [0.15, 0.2) is 30.3 Å². The molecule has 2 aliphatic heterocycles. The lowest BCUT2D eigenvalue weighted by atomic mass is 9.95. The number of halogens is 1. The molecular weight excluding hydrogens is 506 g/mol. The van der Waals surface area contributed by atoms with Gasteiger partial charge in [-0.1, -0.05) is 32.0 Å². The minimum absolute atomic E-state index is 0. The van der Waals surface area contributed by atoms with Crippen molar-refractivity contribution in [3.8, 4) is 5.75 Å². The Morgan fingerprint density at radius 2 is 1.78 bits per heavy atom. The highest BCUT2D eigenvalue weighted by molar-refractivity contribution is 8.01. The molecule has 2 amide bonds.